The minimum Gasteiger partial charge on any atom is -0.394 e. The Kier molecular flexibility index (Phi) is 7.33. The van der Waals surface area contributed by atoms with Gasteiger partial charge in [-0.25, -0.2) is 0 Å². The molecule has 0 spiro atoms. The summed E-state index contributed by atoms with van der Waals surface area (Å²) in [5.74, 6) is 0. The number of hydrogen-bond donors (Lipinski definition) is 2. The number of thioether (sulfide) groups is 1. The highest BCUT2D eigenvalue weighted by molar-refractivity contribution is 7.99. The Bertz CT molecular complexity index is 799. The van der Waals surface area contributed by atoms with E-state index in [0.717, 1.165) is 16.0 Å². The summed E-state index contributed by atoms with van der Waals surface area (Å²) in [7, 11) is 0. The van der Waals surface area contributed by atoms with Gasteiger partial charge in [-0.05, 0) is 30.2 Å². The van der Waals surface area contributed by atoms with Crippen LogP contribution in [0, 0.1) is 6.92 Å². The van der Waals surface area contributed by atoms with Gasteiger partial charge in [0.2, 0.25) is 0 Å². The number of aliphatic hydroxyl groups excluding tert-OH is 2. The molecule has 1 heterocycles. The molecule has 1 aliphatic heterocycles. The van der Waals surface area contributed by atoms with Gasteiger partial charge in [0.15, 0.2) is 0 Å². The standard InChI is InChI=1S/C20H23N3O4S/c1-13-7-9-15(10-8-13)28-20-17(22-23-21)19(18(25)16(11-24)27-20)26-12-14-5-3-2-4-6-14/h2-10,16-20,24-25H,11-12H2,1H3/t16-,17-,18+,19-,20?/m1/s1. The monoisotopic (exact) mass is 401 g/mol. The molecule has 1 fully saturated rings. The van der Waals surface area contributed by atoms with Crippen LogP contribution in [-0.4, -0.2) is 46.6 Å². The first-order valence-corrected chi connectivity index (χ1v) is 9.88. The first kappa shape index (κ1) is 20.7. The molecule has 0 saturated carbocycles. The van der Waals surface area contributed by atoms with Crippen molar-refractivity contribution in [2.45, 2.75) is 48.2 Å². The van der Waals surface area contributed by atoms with Gasteiger partial charge in [-0.3, -0.25) is 0 Å². The molecule has 2 aromatic carbocycles. The lowest BCUT2D eigenvalue weighted by Crippen LogP contribution is -2.57. The van der Waals surface area contributed by atoms with Crippen LogP contribution in [0.1, 0.15) is 11.1 Å². The van der Waals surface area contributed by atoms with E-state index >= 15 is 0 Å². The van der Waals surface area contributed by atoms with E-state index in [1.165, 1.54) is 11.8 Å². The summed E-state index contributed by atoms with van der Waals surface area (Å²) < 4.78 is 11.8. The molecular weight excluding hydrogens is 378 g/mol. The number of rotatable bonds is 7. The predicted octanol–water partition coefficient (Wildman–Crippen LogP) is 3.43. The summed E-state index contributed by atoms with van der Waals surface area (Å²) in [6, 6.07) is 16.7. The van der Waals surface area contributed by atoms with Crippen LogP contribution in [0.2, 0.25) is 0 Å². The Morgan fingerprint density at radius 2 is 1.89 bits per heavy atom. The molecule has 2 N–H and O–H groups in total. The van der Waals surface area contributed by atoms with Crippen LogP contribution in [0.3, 0.4) is 0 Å². The zero-order valence-corrected chi connectivity index (χ0v) is 16.3. The van der Waals surface area contributed by atoms with Crippen molar-refractivity contribution in [1.82, 2.24) is 0 Å². The van der Waals surface area contributed by atoms with Crippen LogP contribution in [0.4, 0.5) is 0 Å². The lowest BCUT2D eigenvalue weighted by Gasteiger charge is -2.42. The highest BCUT2D eigenvalue weighted by atomic mass is 32.2. The summed E-state index contributed by atoms with van der Waals surface area (Å²) in [6.45, 7) is 1.89. The third-order valence-corrected chi connectivity index (χ3v) is 5.73. The Labute approximate surface area is 167 Å². The molecular formula is C20H23N3O4S. The van der Waals surface area contributed by atoms with Crippen molar-refractivity contribution in [3.63, 3.8) is 0 Å². The normalized spacial score (nSPS) is 27.2. The maximum atomic E-state index is 10.6. The molecule has 0 amide bonds. The van der Waals surface area contributed by atoms with Crippen molar-refractivity contribution in [3.8, 4) is 0 Å². The summed E-state index contributed by atoms with van der Waals surface area (Å²) >= 11 is 1.38. The zero-order valence-electron chi connectivity index (χ0n) is 15.5. The Balaban J connectivity index is 1.81. The SMILES string of the molecule is Cc1ccc(SC2O[C@H](CO)[C@H](O)[C@H](OCc3ccccc3)[C@H]2N=[N+]=[N-])cc1. The van der Waals surface area contributed by atoms with Gasteiger partial charge >= 0.3 is 0 Å². The van der Waals surface area contributed by atoms with Crippen molar-refractivity contribution in [2.75, 3.05) is 6.61 Å². The minimum absolute atomic E-state index is 0.250. The zero-order chi connectivity index (χ0) is 19.9. The van der Waals surface area contributed by atoms with E-state index in [0.29, 0.717) is 0 Å². The summed E-state index contributed by atoms with van der Waals surface area (Å²) in [5.41, 5.74) is 10.5. The Morgan fingerprint density at radius 3 is 2.54 bits per heavy atom. The highest BCUT2D eigenvalue weighted by Gasteiger charge is 2.45. The molecule has 2 aromatic rings. The number of benzene rings is 2. The predicted molar refractivity (Wildman–Crippen MR) is 107 cm³/mol. The van der Waals surface area contributed by atoms with E-state index in [2.05, 4.69) is 10.0 Å². The average molecular weight is 401 g/mol. The topological polar surface area (TPSA) is 108 Å². The molecule has 148 valence electrons. The Morgan fingerprint density at radius 1 is 1.18 bits per heavy atom. The minimum atomic E-state index is -1.11. The smallest absolute Gasteiger partial charge is 0.119 e. The van der Waals surface area contributed by atoms with Crippen molar-refractivity contribution in [2.24, 2.45) is 5.11 Å². The number of hydrogen-bond acceptors (Lipinski definition) is 6. The van der Waals surface area contributed by atoms with Crippen molar-refractivity contribution in [3.05, 3.63) is 76.2 Å². The molecule has 0 radical (unpaired) electrons. The Hall–Kier alpha value is -2.06. The van der Waals surface area contributed by atoms with Crippen LogP contribution in [0.5, 0.6) is 0 Å². The molecule has 8 heteroatoms. The van der Waals surface area contributed by atoms with Gasteiger partial charge in [-0.2, -0.15) is 0 Å². The molecule has 0 aromatic heterocycles. The third kappa shape index (κ3) is 5.05. The van der Waals surface area contributed by atoms with Crippen LogP contribution >= 0.6 is 11.8 Å². The number of aliphatic hydroxyl groups is 2. The molecule has 3 rings (SSSR count). The first-order valence-electron chi connectivity index (χ1n) is 9.00. The molecule has 1 unspecified atom stereocenters. The average Bonchev–Trinajstić information content (AvgIpc) is 2.72. The fourth-order valence-electron chi connectivity index (χ4n) is 3.04. The van der Waals surface area contributed by atoms with E-state index in [9.17, 15) is 10.2 Å². The summed E-state index contributed by atoms with van der Waals surface area (Å²) in [5, 5.41) is 24.1. The van der Waals surface area contributed by atoms with Gasteiger partial charge < -0.3 is 19.7 Å². The van der Waals surface area contributed by atoms with Crippen molar-refractivity contribution < 1.29 is 19.7 Å². The molecule has 7 nitrogen and oxygen atoms in total. The molecule has 5 atom stereocenters. The number of ether oxygens (including phenoxy) is 2. The van der Waals surface area contributed by atoms with Crippen LogP contribution in [-0.2, 0) is 16.1 Å². The van der Waals surface area contributed by atoms with Crippen LogP contribution < -0.4 is 0 Å². The summed E-state index contributed by atoms with van der Waals surface area (Å²) in [4.78, 5) is 3.87. The second-order valence-electron chi connectivity index (χ2n) is 6.60. The molecule has 1 aliphatic rings. The third-order valence-electron chi connectivity index (χ3n) is 4.57. The van der Waals surface area contributed by atoms with E-state index in [1.807, 2.05) is 61.5 Å². The van der Waals surface area contributed by atoms with Crippen LogP contribution in [0.15, 0.2) is 64.6 Å². The highest BCUT2D eigenvalue weighted by Crippen LogP contribution is 2.36. The molecule has 28 heavy (non-hydrogen) atoms. The molecule has 1 saturated heterocycles. The van der Waals surface area contributed by atoms with Gasteiger partial charge in [-0.1, -0.05) is 64.9 Å². The second kappa shape index (κ2) is 9.93. The van der Waals surface area contributed by atoms with Crippen LogP contribution in [0.25, 0.3) is 10.4 Å². The van der Waals surface area contributed by atoms with Crippen molar-refractivity contribution >= 4 is 11.8 Å². The van der Waals surface area contributed by atoms with Gasteiger partial charge in [0.25, 0.3) is 0 Å². The molecule has 0 aliphatic carbocycles. The lowest BCUT2D eigenvalue weighted by atomic mass is 9.98. The first-order chi connectivity index (χ1) is 13.6. The largest absolute Gasteiger partial charge is 0.394 e. The van der Waals surface area contributed by atoms with Gasteiger partial charge in [0.05, 0.1) is 19.3 Å². The fourth-order valence-corrected chi connectivity index (χ4v) is 4.15. The maximum absolute atomic E-state index is 10.6. The van der Waals surface area contributed by atoms with Gasteiger partial charge in [0, 0.05) is 9.81 Å². The quantitative estimate of drug-likeness (QED) is 0.420. The van der Waals surface area contributed by atoms with Crippen molar-refractivity contribution in [1.29, 1.82) is 0 Å². The summed E-state index contributed by atoms with van der Waals surface area (Å²) in [6.07, 6.45) is -2.74. The number of azide groups is 1. The fraction of sp³-hybridized carbons (Fsp3) is 0.400. The van der Waals surface area contributed by atoms with Gasteiger partial charge in [0.1, 0.15) is 23.7 Å². The second-order valence-corrected chi connectivity index (χ2v) is 7.78. The number of aryl methyl sites for hydroxylation is 1. The lowest BCUT2D eigenvalue weighted by molar-refractivity contribution is -0.185. The molecule has 0 bridgehead atoms. The van der Waals surface area contributed by atoms with Gasteiger partial charge in [-0.15, -0.1) is 0 Å². The van der Waals surface area contributed by atoms with E-state index in [-0.39, 0.29) is 13.2 Å². The van der Waals surface area contributed by atoms with E-state index in [1.54, 1.807) is 0 Å². The maximum Gasteiger partial charge on any atom is 0.119 e. The van der Waals surface area contributed by atoms with E-state index in [4.69, 9.17) is 15.0 Å². The number of nitrogens with zero attached hydrogens (tertiary/aromatic N) is 3. The van der Waals surface area contributed by atoms with E-state index < -0.39 is 29.8 Å².